The minimum absolute atomic E-state index is 0.178. The van der Waals surface area contributed by atoms with Crippen LogP contribution in [0.25, 0.3) is 0 Å². The normalized spacial score (nSPS) is 19.1. The topological polar surface area (TPSA) is 130 Å². The molecular formula is C36H51N7O2. The Hall–Kier alpha value is -3.98. The predicted octanol–water partition coefficient (Wildman–Crippen LogP) is 6.63. The summed E-state index contributed by atoms with van der Waals surface area (Å²) in [5.41, 5.74) is 13.6. The van der Waals surface area contributed by atoms with Gasteiger partial charge in [-0.25, -0.2) is 9.97 Å². The van der Waals surface area contributed by atoms with Crippen molar-refractivity contribution >= 4 is 29.1 Å². The molecule has 9 heteroatoms. The Morgan fingerprint density at radius 2 is 1.44 bits per heavy atom. The molecule has 2 aliphatic heterocycles. The molecular weight excluding hydrogens is 562 g/mol. The average molecular weight is 614 g/mol. The van der Waals surface area contributed by atoms with Gasteiger partial charge in [-0.05, 0) is 101 Å². The molecule has 2 aromatic carbocycles. The van der Waals surface area contributed by atoms with E-state index in [1.54, 1.807) is 30.5 Å². The zero-order chi connectivity index (χ0) is 32.2. The Morgan fingerprint density at radius 1 is 0.800 bits per heavy atom. The highest BCUT2D eigenvalue weighted by Crippen LogP contribution is 2.33. The molecule has 3 heterocycles. The van der Waals surface area contributed by atoms with Crippen LogP contribution in [0.15, 0.2) is 60.8 Å². The number of nitrogens with one attached hydrogen (secondary N) is 1. The first kappa shape index (κ1) is 33.9. The summed E-state index contributed by atoms with van der Waals surface area (Å²) >= 11 is 0. The number of rotatable bonds is 7. The van der Waals surface area contributed by atoms with Gasteiger partial charge < -0.3 is 26.6 Å². The third-order valence-electron chi connectivity index (χ3n) is 9.16. The number of primary amides is 2. The third kappa shape index (κ3) is 9.26. The lowest BCUT2D eigenvalue weighted by molar-refractivity contribution is 0.0989. The number of likely N-dealkylation sites (tertiary alicyclic amines) is 1. The van der Waals surface area contributed by atoms with E-state index in [1.165, 1.54) is 63.6 Å². The van der Waals surface area contributed by atoms with E-state index in [2.05, 4.69) is 51.3 Å². The number of amides is 2. The smallest absolute Gasteiger partial charge is 0.271 e. The van der Waals surface area contributed by atoms with Crippen molar-refractivity contribution < 1.29 is 9.59 Å². The van der Waals surface area contributed by atoms with Crippen molar-refractivity contribution in [3.05, 3.63) is 77.6 Å². The molecule has 2 amide bonds. The van der Waals surface area contributed by atoms with Crippen LogP contribution in [0, 0.1) is 0 Å². The quantitative estimate of drug-likeness (QED) is 0.273. The first-order chi connectivity index (χ1) is 21.9. The van der Waals surface area contributed by atoms with Gasteiger partial charge in [-0.1, -0.05) is 57.0 Å². The number of anilines is 3. The highest BCUT2D eigenvalue weighted by molar-refractivity contribution is 5.96. The van der Waals surface area contributed by atoms with Gasteiger partial charge in [0.2, 0.25) is 5.91 Å². The van der Waals surface area contributed by atoms with Gasteiger partial charge in [-0.3, -0.25) is 9.59 Å². The van der Waals surface area contributed by atoms with Crippen molar-refractivity contribution in [2.45, 2.75) is 96.6 Å². The van der Waals surface area contributed by atoms with Crippen LogP contribution in [0.3, 0.4) is 0 Å². The fourth-order valence-electron chi connectivity index (χ4n) is 6.67. The van der Waals surface area contributed by atoms with Gasteiger partial charge >= 0.3 is 0 Å². The molecule has 3 aliphatic rings. The fraction of sp³-hybridized carbons (Fsp3) is 0.500. The van der Waals surface area contributed by atoms with E-state index in [4.69, 9.17) is 16.5 Å². The second-order valence-electron chi connectivity index (χ2n) is 12.1. The molecule has 1 aromatic heterocycles. The van der Waals surface area contributed by atoms with E-state index < -0.39 is 5.91 Å². The number of piperidine rings is 2. The SMILES string of the molecule is CC.CC1CCCCN1c1cnc(C(N)=O)c(Nc2ccc(C3CCN(C4CCCC4)CC3)cc2)n1.NC(=O)c1ccccc1. The molecule has 1 aliphatic carbocycles. The number of hydrogen-bond donors (Lipinski definition) is 3. The fourth-order valence-corrected chi connectivity index (χ4v) is 6.67. The van der Waals surface area contributed by atoms with E-state index in [0.29, 0.717) is 23.3 Å². The number of carbonyl (C=O) groups excluding carboxylic acids is 2. The Morgan fingerprint density at radius 3 is 2.02 bits per heavy atom. The molecule has 1 saturated carbocycles. The molecule has 5 N–H and O–H groups in total. The number of aromatic nitrogens is 2. The molecule has 242 valence electrons. The van der Waals surface area contributed by atoms with Crippen LogP contribution in [0.2, 0.25) is 0 Å². The molecule has 3 fully saturated rings. The van der Waals surface area contributed by atoms with E-state index in [9.17, 15) is 9.59 Å². The van der Waals surface area contributed by atoms with Crippen molar-refractivity contribution in [3.8, 4) is 0 Å². The summed E-state index contributed by atoms with van der Waals surface area (Å²) in [7, 11) is 0. The number of hydrogen-bond acceptors (Lipinski definition) is 7. The maximum Gasteiger partial charge on any atom is 0.271 e. The second-order valence-corrected chi connectivity index (χ2v) is 12.1. The van der Waals surface area contributed by atoms with Gasteiger partial charge in [-0.15, -0.1) is 0 Å². The molecule has 1 atom stereocenters. The van der Waals surface area contributed by atoms with Gasteiger partial charge in [0, 0.05) is 29.9 Å². The van der Waals surface area contributed by atoms with Crippen molar-refractivity contribution in [1.29, 1.82) is 0 Å². The summed E-state index contributed by atoms with van der Waals surface area (Å²) in [6.45, 7) is 9.61. The maximum atomic E-state index is 12.0. The van der Waals surface area contributed by atoms with Crippen molar-refractivity contribution in [3.63, 3.8) is 0 Å². The molecule has 2 saturated heterocycles. The molecule has 45 heavy (non-hydrogen) atoms. The standard InChI is InChI=1S/C27H38N6O.C7H7NO.C2H6/c1-19-6-4-5-15-33(19)24-18-29-25(26(28)34)27(31-24)30-22-11-9-20(10-12-22)21-13-16-32(17-14-21)23-7-2-3-8-23;8-7(9)6-4-2-1-3-5-6;1-2/h9-12,18-19,21,23H,2-8,13-17H2,1H3,(H2,28,34)(H,30,31);1-5H,(H2,8,9);1-2H3. The summed E-state index contributed by atoms with van der Waals surface area (Å²) in [6, 6.07) is 18.6. The summed E-state index contributed by atoms with van der Waals surface area (Å²) in [4.78, 5) is 36.6. The lowest BCUT2D eigenvalue weighted by atomic mass is 9.88. The monoisotopic (exact) mass is 613 g/mol. The summed E-state index contributed by atoms with van der Waals surface area (Å²) in [6.07, 6.45) is 13.2. The lowest BCUT2D eigenvalue weighted by Gasteiger charge is -2.36. The Labute approximate surface area is 268 Å². The number of nitrogens with two attached hydrogens (primary N) is 2. The largest absolute Gasteiger partial charge is 0.366 e. The minimum Gasteiger partial charge on any atom is -0.366 e. The number of nitrogens with zero attached hydrogens (tertiary/aromatic N) is 4. The lowest BCUT2D eigenvalue weighted by Crippen LogP contribution is -2.39. The van der Waals surface area contributed by atoms with E-state index >= 15 is 0 Å². The Bertz CT molecular complexity index is 1350. The van der Waals surface area contributed by atoms with Gasteiger partial charge in [0.15, 0.2) is 11.5 Å². The predicted molar refractivity (Wildman–Crippen MR) is 183 cm³/mol. The third-order valence-corrected chi connectivity index (χ3v) is 9.16. The molecule has 9 nitrogen and oxygen atoms in total. The van der Waals surface area contributed by atoms with Crippen molar-refractivity contribution in [1.82, 2.24) is 14.9 Å². The molecule has 0 bridgehead atoms. The van der Waals surface area contributed by atoms with Gasteiger partial charge in [0.25, 0.3) is 5.91 Å². The average Bonchev–Trinajstić information content (AvgIpc) is 3.62. The first-order valence-electron chi connectivity index (χ1n) is 16.8. The van der Waals surface area contributed by atoms with E-state index in [1.807, 2.05) is 19.9 Å². The van der Waals surface area contributed by atoms with E-state index in [-0.39, 0.29) is 11.6 Å². The van der Waals surface area contributed by atoms with Crippen molar-refractivity contribution in [2.75, 3.05) is 29.9 Å². The van der Waals surface area contributed by atoms with Gasteiger partial charge in [0.05, 0.1) is 6.20 Å². The van der Waals surface area contributed by atoms with Gasteiger partial charge in [0.1, 0.15) is 5.82 Å². The van der Waals surface area contributed by atoms with Crippen LogP contribution in [0.4, 0.5) is 17.3 Å². The minimum atomic E-state index is -0.570. The molecule has 3 aromatic rings. The second kappa shape index (κ2) is 16.9. The summed E-state index contributed by atoms with van der Waals surface area (Å²) in [5.74, 6) is 0.900. The van der Waals surface area contributed by atoms with Crippen LogP contribution >= 0.6 is 0 Å². The Kier molecular flexibility index (Phi) is 12.7. The van der Waals surface area contributed by atoms with Crippen LogP contribution < -0.4 is 21.7 Å². The van der Waals surface area contributed by atoms with Crippen LogP contribution in [0.5, 0.6) is 0 Å². The molecule has 6 rings (SSSR count). The summed E-state index contributed by atoms with van der Waals surface area (Å²) in [5, 5.41) is 3.31. The highest BCUT2D eigenvalue weighted by atomic mass is 16.1. The first-order valence-corrected chi connectivity index (χ1v) is 16.8. The number of carbonyl (C=O) groups is 2. The number of benzene rings is 2. The molecule has 0 spiro atoms. The zero-order valence-corrected chi connectivity index (χ0v) is 27.3. The molecule has 1 unspecified atom stereocenters. The van der Waals surface area contributed by atoms with Crippen molar-refractivity contribution in [2.24, 2.45) is 11.5 Å². The molecule has 0 radical (unpaired) electrons. The Balaban J connectivity index is 0.000000358. The van der Waals surface area contributed by atoms with Crippen LogP contribution in [0.1, 0.15) is 111 Å². The maximum absolute atomic E-state index is 12.0. The van der Waals surface area contributed by atoms with Crippen LogP contribution in [-0.2, 0) is 0 Å². The van der Waals surface area contributed by atoms with Gasteiger partial charge in [-0.2, -0.15) is 0 Å². The zero-order valence-electron chi connectivity index (χ0n) is 27.3. The summed E-state index contributed by atoms with van der Waals surface area (Å²) < 4.78 is 0. The highest BCUT2D eigenvalue weighted by Gasteiger charge is 2.28. The van der Waals surface area contributed by atoms with E-state index in [0.717, 1.165) is 36.9 Å². The van der Waals surface area contributed by atoms with Crippen LogP contribution in [-0.4, -0.2) is 58.4 Å².